The molecule has 0 radical (unpaired) electrons. The lowest BCUT2D eigenvalue weighted by Crippen LogP contribution is -2.18. The molecule has 1 nitrogen and oxygen atoms in total. The van der Waals surface area contributed by atoms with Crippen molar-refractivity contribution in [2.75, 3.05) is 0 Å². The summed E-state index contributed by atoms with van der Waals surface area (Å²) in [4.78, 5) is 0. The molecule has 0 saturated heterocycles. The average molecular weight is 243 g/mol. The van der Waals surface area contributed by atoms with Gasteiger partial charge in [0.15, 0.2) is 0 Å². The van der Waals surface area contributed by atoms with Crippen LogP contribution in [0.2, 0.25) is 0 Å². The van der Waals surface area contributed by atoms with Crippen molar-refractivity contribution in [3.05, 3.63) is 71.0 Å². The summed E-state index contributed by atoms with van der Waals surface area (Å²) in [5.41, 5.74) is 3.64. The molecule has 0 heterocycles. The van der Waals surface area contributed by atoms with Crippen molar-refractivity contribution >= 4 is 0 Å². The lowest BCUT2D eigenvalue weighted by atomic mass is 10.1. The Morgan fingerprint density at radius 3 is 2.50 bits per heavy atom. The zero-order valence-electron chi connectivity index (χ0n) is 10.8. The van der Waals surface area contributed by atoms with E-state index in [4.69, 9.17) is 0 Å². The van der Waals surface area contributed by atoms with Crippen molar-refractivity contribution in [2.24, 2.45) is 0 Å². The van der Waals surface area contributed by atoms with Crippen LogP contribution in [0.1, 0.15) is 29.7 Å². The second-order valence-electron chi connectivity index (χ2n) is 4.64. The Kier molecular flexibility index (Phi) is 4.11. The van der Waals surface area contributed by atoms with Gasteiger partial charge in [-0.2, -0.15) is 0 Å². The Balaban J connectivity index is 1.96. The van der Waals surface area contributed by atoms with Gasteiger partial charge in [-0.3, -0.25) is 0 Å². The van der Waals surface area contributed by atoms with E-state index in [1.54, 1.807) is 0 Å². The lowest BCUT2D eigenvalue weighted by Gasteiger charge is -2.15. The van der Waals surface area contributed by atoms with Gasteiger partial charge in [0.1, 0.15) is 5.82 Å². The van der Waals surface area contributed by atoms with E-state index >= 15 is 0 Å². The van der Waals surface area contributed by atoms with Crippen LogP contribution in [0, 0.1) is 12.7 Å². The molecule has 0 amide bonds. The van der Waals surface area contributed by atoms with Crippen molar-refractivity contribution in [1.29, 1.82) is 0 Å². The fourth-order valence-electron chi connectivity index (χ4n) is 1.93. The van der Waals surface area contributed by atoms with Crippen LogP contribution in [0.3, 0.4) is 0 Å². The number of hydrogen-bond donors (Lipinski definition) is 1. The van der Waals surface area contributed by atoms with Gasteiger partial charge in [0, 0.05) is 12.6 Å². The van der Waals surface area contributed by atoms with Crippen LogP contribution in [0.5, 0.6) is 0 Å². The smallest absolute Gasteiger partial charge is 0.123 e. The Morgan fingerprint density at radius 1 is 1.11 bits per heavy atom. The summed E-state index contributed by atoms with van der Waals surface area (Å²) in [5.74, 6) is -0.189. The predicted octanol–water partition coefficient (Wildman–Crippen LogP) is 3.98. The molecule has 0 fully saturated rings. The van der Waals surface area contributed by atoms with Crippen LogP contribution in [0.15, 0.2) is 48.5 Å². The van der Waals surface area contributed by atoms with Gasteiger partial charge < -0.3 is 5.32 Å². The molecule has 2 aromatic rings. The van der Waals surface area contributed by atoms with Gasteiger partial charge >= 0.3 is 0 Å². The summed E-state index contributed by atoms with van der Waals surface area (Å²) >= 11 is 0. The number of benzene rings is 2. The van der Waals surface area contributed by atoms with Gasteiger partial charge in [-0.15, -0.1) is 0 Å². The van der Waals surface area contributed by atoms with Crippen LogP contribution in [-0.4, -0.2) is 0 Å². The van der Waals surface area contributed by atoms with Gasteiger partial charge in [0.25, 0.3) is 0 Å². The Bertz CT molecular complexity index is 505. The number of halogens is 1. The molecular weight excluding hydrogens is 225 g/mol. The highest BCUT2D eigenvalue weighted by Gasteiger charge is 2.04. The third kappa shape index (κ3) is 3.41. The van der Waals surface area contributed by atoms with Crippen LogP contribution in [-0.2, 0) is 6.54 Å². The molecule has 2 aromatic carbocycles. The average Bonchev–Trinajstić information content (AvgIpc) is 2.38. The van der Waals surface area contributed by atoms with Crippen molar-refractivity contribution in [2.45, 2.75) is 26.4 Å². The summed E-state index contributed by atoms with van der Waals surface area (Å²) in [6.45, 7) is 4.98. The molecule has 0 bridgehead atoms. The van der Waals surface area contributed by atoms with E-state index in [1.807, 2.05) is 12.1 Å². The monoisotopic (exact) mass is 243 g/mol. The first-order valence-electron chi connectivity index (χ1n) is 6.19. The quantitative estimate of drug-likeness (QED) is 0.856. The lowest BCUT2D eigenvalue weighted by molar-refractivity contribution is 0.572. The van der Waals surface area contributed by atoms with Gasteiger partial charge in [-0.25, -0.2) is 4.39 Å². The highest BCUT2D eigenvalue weighted by Crippen LogP contribution is 2.14. The van der Waals surface area contributed by atoms with E-state index in [-0.39, 0.29) is 11.9 Å². The standard InChI is InChI=1S/C16H18FN/c1-12-4-3-5-15(10-12)13(2)18-11-14-6-8-16(17)9-7-14/h3-10,13,18H,11H2,1-2H3/t13-/m1/s1. The van der Waals surface area contributed by atoms with Crippen LogP contribution in [0.4, 0.5) is 4.39 Å². The first kappa shape index (κ1) is 12.8. The minimum absolute atomic E-state index is 0.189. The van der Waals surface area contributed by atoms with Gasteiger partial charge in [0.2, 0.25) is 0 Å². The van der Waals surface area contributed by atoms with Crippen molar-refractivity contribution in [3.63, 3.8) is 0 Å². The van der Waals surface area contributed by atoms with Crippen molar-refractivity contribution in [3.8, 4) is 0 Å². The van der Waals surface area contributed by atoms with E-state index in [2.05, 4.69) is 43.4 Å². The van der Waals surface area contributed by atoms with Crippen molar-refractivity contribution < 1.29 is 4.39 Å². The second kappa shape index (κ2) is 5.78. The van der Waals surface area contributed by atoms with E-state index in [0.29, 0.717) is 0 Å². The van der Waals surface area contributed by atoms with Gasteiger partial charge in [-0.1, -0.05) is 42.0 Å². The maximum Gasteiger partial charge on any atom is 0.123 e. The minimum Gasteiger partial charge on any atom is -0.306 e. The summed E-state index contributed by atoms with van der Waals surface area (Å²) in [6, 6.07) is 15.4. The first-order chi connectivity index (χ1) is 8.65. The Morgan fingerprint density at radius 2 is 1.83 bits per heavy atom. The van der Waals surface area contributed by atoms with Gasteiger partial charge in [-0.05, 0) is 37.1 Å². The van der Waals surface area contributed by atoms with Crippen molar-refractivity contribution in [1.82, 2.24) is 5.32 Å². The topological polar surface area (TPSA) is 12.0 Å². The van der Waals surface area contributed by atoms with Crippen LogP contribution >= 0.6 is 0 Å². The highest BCUT2D eigenvalue weighted by atomic mass is 19.1. The summed E-state index contributed by atoms with van der Waals surface area (Å²) in [6.07, 6.45) is 0. The van der Waals surface area contributed by atoms with E-state index in [9.17, 15) is 4.39 Å². The molecule has 1 N–H and O–H groups in total. The van der Waals surface area contributed by atoms with Crippen LogP contribution < -0.4 is 5.32 Å². The largest absolute Gasteiger partial charge is 0.306 e. The fraction of sp³-hybridized carbons (Fsp3) is 0.250. The van der Waals surface area contributed by atoms with Crippen LogP contribution in [0.25, 0.3) is 0 Å². The molecule has 0 aliphatic carbocycles. The van der Waals surface area contributed by atoms with E-state index in [1.165, 1.54) is 23.3 Å². The zero-order valence-corrected chi connectivity index (χ0v) is 10.8. The third-order valence-electron chi connectivity index (χ3n) is 3.07. The molecule has 2 rings (SSSR count). The summed E-state index contributed by atoms with van der Waals surface area (Å²) in [7, 11) is 0. The molecule has 0 saturated carbocycles. The summed E-state index contributed by atoms with van der Waals surface area (Å²) in [5, 5.41) is 3.44. The Hall–Kier alpha value is -1.67. The summed E-state index contributed by atoms with van der Waals surface area (Å²) < 4.78 is 12.8. The first-order valence-corrected chi connectivity index (χ1v) is 6.19. The number of aryl methyl sites for hydroxylation is 1. The highest BCUT2D eigenvalue weighted by molar-refractivity contribution is 5.25. The Labute approximate surface area is 108 Å². The molecule has 1 atom stereocenters. The maximum absolute atomic E-state index is 12.8. The predicted molar refractivity (Wildman–Crippen MR) is 72.8 cm³/mol. The van der Waals surface area contributed by atoms with Gasteiger partial charge in [0.05, 0.1) is 0 Å². The SMILES string of the molecule is Cc1cccc([C@@H](C)NCc2ccc(F)cc2)c1. The van der Waals surface area contributed by atoms with E-state index in [0.717, 1.165) is 12.1 Å². The molecule has 0 aromatic heterocycles. The number of hydrogen-bond acceptors (Lipinski definition) is 1. The molecule has 94 valence electrons. The number of rotatable bonds is 4. The minimum atomic E-state index is -0.189. The third-order valence-corrected chi connectivity index (χ3v) is 3.07. The molecule has 2 heteroatoms. The maximum atomic E-state index is 12.8. The molecular formula is C16H18FN. The normalized spacial score (nSPS) is 12.4. The second-order valence-corrected chi connectivity index (χ2v) is 4.64. The molecule has 0 unspecified atom stereocenters. The molecule has 0 aliphatic rings. The fourth-order valence-corrected chi connectivity index (χ4v) is 1.93. The molecule has 0 spiro atoms. The number of nitrogens with one attached hydrogen (secondary N) is 1. The zero-order chi connectivity index (χ0) is 13.0. The molecule has 18 heavy (non-hydrogen) atoms. The molecule has 0 aliphatic heterocycles. The van der Waals surface area contributed by atoms with E-state index < -0.39 is 0 Å².